The minimum atomic E-state index is -3.55. The van der Waals surface area contributed by atoms with Gasteiger partial charge in [-0.05, 0) is 18.2 Å². The van der Waals surface area contributed by atoms with Crippen LogP contribution in [0.4, 0.5) is 5.69 Å². The first-order valence-corrected chi connectivity index (χ1v) is 5.90. The molecule has 0 saturated heterocycles. The molecule has 16 heavy (non-hydrogen) atoms. The molecule has 1 N–H and O–H groups in total. The van der Waals surface area contributed by atoms with Crippen LogP contribution in [0.3, 0.4) is 0 Å². The summed E-state index contributed by atoms with van der Waals surface area (Å²) in [5.74, 6) is -1.30. The number of carboxylic acid groups (broad SMARTS) is 1. The molecule has 84 valence electrons. The smallest absolute Gasteiger partial charge is 0.335 e. The number of carbonyl (C=O) groups is 1. The third kappa shape index (κ3) is 2.75. The summed E-state index contributed by atoms with van der Waals surface area (Å²) < 4.78 is 22.5. The third-order valence-electron chi connectivity index (χ3n) is 1.74. The summed E-state index contributed by atoms with van der Waals surface area (Å²) in [7, 11) is -3.55. The molecular weight excluding hydrogens is 234 g/mol. The van der Waals surface area contributed by atoms with E-state index in [9.17, 15) is 18.0 Å². The predicted molar refractivity (Wildman–Crippen MR) is 54.3 cm³/mol. The van der Waals surface area contributed by atoms with Gasteiger partial charge < -0.3 is 5.11 Å². The lowest BCUT2D eigenvalue weighted by atomic mass is 10.2. The van der Waals surface area contributed by atoms with Gasteiger partial charge in [-0.15, -0.1) is 0 Å². The van der Waals surface area contributed by atoms with Gasteiger partial charge in [-0.25, -0.2) is 18.0 Å². The Labute approximate surface area is 91.2 Å². The van der Waals surface area contributed by atoms with Gasteiger partial charge >= 0.3 is 5.97 Å². The van der Waals surface area contributed by atoms with E-state index in [1.165, 1.54) is 6.08 Å². The van der Waals surface area contributed by atoms with Gasteiger partial charge in [-0.1, -0.05) is 0 Å². The minimum Gasteiger partial charge on any atom is -0.478 e. The van der Waals surface area contributed by atoms with Gasteiger partial charge in [-0.3, -0.25) is 0 Å². The molecule has 0 fully saturated rings. The standard InChI is InChI=1S/C9H7NO5S/c1-16(14,15)8-3-6(9(12)13)2-7(4-8)10-5-11/h2-4H,1H3,(H,12,13). The van der Waals surface area contributed by atoms with Crippen molar-refractivity contribution in [3.8, 4) is 0 Å². The zero-order valence-corrected chi connectivity index (χ0v) is 8.98. The molecule has 1 rings (SSSR count). The predicted octanol–water partition coefficient (Wildman–Crippen LogP) is 0.756. The molecule has 0 aliphatic heterocycles. The number of carboxylic acids is 1. The molecule has 0 heterocycles. The normalized spacial score (nSPS) is 10.6. The van der Waals surface area contributed by atoms with Gasteiger partial charge in [-0.2, -0.15) is 4.99 Å². The molecule has 0 spiro atoms. The number of nitrogens with zero attached hydrogens (tertiary/aromatic N) is 1. The molecule has 0 aliphatic carbocycles. The summed E-state index contributed by atoms with van der Waals surface area (Å²) in [5, 5.41) is 8.73. The van der Waals surface area contributed by atoms with E-state index in [1.54, 1.807) is 0 Å². The van der Waals surface area contributed by atoms with Crippen LogP contribution < -0.4 is 0 Å². The number of hydrogen-bond donors (Lipinski definition) is 1. The minimum absolute atomic E-state index is 0.0599. The number of isocyanates is 1. The Morgan fingerprint density at radius 3 is 2.44 bits per heavy atom. The monoisotopic (exact) mass is 241 g/mol. The fraction of sp³-hybridized carbons (Fsp3) is 0.111. The Bertz CT molecular complexity index is 564. The number of carbonyl (C=O) groups excluding carboxylic acids is 1. The zero-order chi connectivity index (χ0) is 12.3. The number of aliphatic imine (C=N–C) groups is 1. The van der Waals surface area contributed by atoms with Crippen LogP contribution in [-0.4, -0.2) is 31.8 Å². The molecular formula is C9H7NO5S. The Morgan fingerprint density at radius 2 is 2.00 bits per heavy atom. The van der Waals surface area contributed by atoms with Crippen LogP contribution in [0.25, 0.3) is 0 Å². The van der Waals surface area contributed by atoms with Crippen LogP contribution in [0.15, 0.2) is 28.1 Å². The number of rotatable bonds is 3. The molecule has 0 atom stereocenters. The van der Waals surface area contributed by atoms with Crippen LogP contribution in [-0.2, 0) is 14.6 Å². The fourth-order valence-corrected chi connectivity index (χ4v) is 1.71. The average molecular weight is 241 g/mol. The van der Waals surface area contributed by atoms with E-state index in [0.29, 0.717) is 0 Å². The van der Waals surface area contributed by atoms with Crippen molar-refractivity contribution in [1.82, 2.24) is 0 Å². The van der Waals surface area contributed by atoms with Crippen LogP contribution in [0, 0.1) is 0 Å². The van der Waals surface area contributed by atoms with E-state index in [-0.39, 0.29) is 16.1 Å². The van der Waals surface area contributed by atoms with Crippen LogP contribution >= 0.6 is 0 Å². The lowest BCUT2D eigenvalue weighted by molar-refractivity contribution is 0.0696. The summed E-state index contributed by atoms with van der Waals surface area (Å²) >= 11 is 0. The first-order chi connectivity index (χ1) is 7.34. The second-order valence-corrected chi connectivity index (χ2v) is 5.01. The van der Waals surface area contributed by atoms with Gasteiger partial charge in [0, 0.05) is 6.26 Å². The highest BCUT2D eigenvalue weighted by molar-refractivity contribution is 7.90. The number of hydrogen-bond acceptors (Lipinski definition) is 5. The zero-order valence-electron chi connectivity index (χ0n) is 8.17. The molecule has 0 saturated carbocycles. The van der Waals surface area contributed by atoms with Crippen molar-refractivity contribution < 1.29 is 23.1 Å². The Balaban J connectivity index is 3.53. The maximum Gasteiger partial charge on any atom is 0.335 e. The highest BCUT2D eigenvalue weighted by atomic mass is 32.2. The maximum absolute atomic E-state index is 11.2. The van der Waals surface area contributed by atoms with E-state index < -0.39 is 15.8 Å². The van der Waals surface area contributed by atoms with Crippen molar-refractivity contribution in [3.05, 3.63) is 23.8 Å². The second-order valence-electron chi connectivity index (χ2n) is 3.00. The molecule has 0 radical (unpaired) electrons. The quantitative estimate of drug-likeness (QED) is 0.621. The van der Waals surface area contributed by atoms with Gasteiger partial charge in [0.25, 0.3) is 0 Å². The Hall–Kier alpha value is -1.98. The van der Waals surface area contributed by atoms with Crippen LogP contribution in [0.5, 0.6) is 0 Å². The third-order valence-corrected chi connectivity index (χ3v) is 2.83. The molecule has 0 aliphatic rings. The summed E-state index contributed by atoms with van der Waals surface area (Å²) in [4.78, 5) is 23.7. The first-order valence-electron chi connectivity index (χ1n) is 4.01. The fourth-order valence-electron chi connectivity index (χ4n) is 1.04. The summed E-state index contributed by atoms with van der Waals surface area (Å²) in [6.45, 7) is 0. The van der Waals surface area contributed by atoms with Gasteiger partial charge in [0.2, 0.25) is 6.08 Å². The van der Waals surface area contributed by atoms with Crippen molar-refractivity contribution >= 4 is 27.6 Å². The largest absolute Gasteiger partial charge is 0.478 e. The van der Waals surface area contributed by atoms with Crippen LogP contribution in [0.1, 0.15) is 10.4 Å². The lowest BCUT2D eigenvalue weighted by Crippen LogP contribution is -2.01. The molecule has 0 unspecified atom stereocenters. The van der Waals surface area contributed by atoms with Gasteiger partial charge in [0.1, 0.15) is 0 Å². The summed E-state index contributed by atoms with van der Waals surface area (Å²) in [6, 6.07) is 3.19. The van der Waals surface area contributed by atoms with Crippen molar-refractivity contribution in [1.29, 1.82) is 0 Å². The first kappa shape index (κ1) is 12.1. The average Bonchev–Trinajstić information content (AvgIpc) is 2.16. The summed E-state index contributed by atoms with van der Waals surface area (Å²) in [5.41, 5.74) is -0.313. The number of sulfone groups is 1. The van der Waals surface area contributed by atoms with E-state index in [2.05, 4.69) is 4.99 Å². The van der Waals surface area contributed by atoms with Crippen molar-refractivity contribution in [2.45, 2.75) is 4.90 Å². The second kappa shape index (κ2) is 4.26. The molecule has 7 heteroatoms. The van der Waals surface area contributed by atoms with Crippen LogP contribution in [0.2, 0.25) is 0 Å². The molecule has 0 amide bonds. The highest BCUT2D eigenvalue weighted by Gasteiger charge is 2.13. The maximum atomic E-state index is 11.2. The molecule has 0 aromatic heterocycles. The summed E-state index contributed by atoms with van der Waals surface area (Å²) in [6.07, 6.45) is 2.15. The lowest BCUT2D eigenvalue weighted by Gasteiger charge is -2.01. The van der Waals surface area contributed by atoms with Gasteiger partial charge in [0.05, 0.1) is 16.1 Å². The molecule has 1 aromatic rings. The Kier molecular flexibility index (Phi) is 3.22. The molecule has 6 nitrogen and oxygen atoms in total. The SMILES string of the molecule is CS(=O)(=O)c1cc(N=C=O)cc(C(=O)O)c1. The topological polar surface area (TPSA) is 101 Å². The van der Waals surface area contributed by atoms with Crippen molar-refractivity contribution in [3.63, 3.8) is 0 Å². The molecule has 0 bridgehead atoms. The van der Waals surface area contributed by atoms with E-state index in [1.807, 2.05) is 0 Å². The van der Waals surface area contributed by atoms with E-state index in [0.717, 1.165) is 24.5 Å². The van der Waals surface area contributed by atoms with Crippen molar-refractivity contribution in [2.24, 2.45) is 4.99 Å². The molecule has 1 aromatic carbocycles. The van der Waals surface area contributed by atoms with Crippen molar-refractivity contribution in [2.75, 3.05) is 6.26 Å². The van der Waals surface area contributed by atoms with E-state index >= 15 is 0 Å². The Morgan fingerprint density at radius 1 is 1.38 bits per heavy atom. The van der Waals surface area contributed by atoms with E-state index in [4.69, 9.17) is 5.11 Å². The van der Waals surface area contributed by atoms with Gasteiger partial charge in [0.15, 0.2) is 9.84 Å². The highest BCUT2D eigenvalue weighted by Crippen LogP contribution is 2.21. The number of aromatic carboxylic acids is 1. The number of benzene rings is 1.